The maximum atomic E-state index is 12.2. The predicted octanol–water partition coefficient (Wildman–Crippen LogP) is 1.67. The van der Waals surface area contributed by atoms with E-state index in [0.29, 0.717) is 30.8 Å². The molecule has 1 unspecified atom stereocenters. The number of carbonyl (C=O) groups is 3. The molecule has 13 nitrogen and oxygen atoms in total. The van der Waals surface area contributed by atoms with Gasteiger partial charge in [0, 0.05) is 37.0 Å². The van der Waals surface area contributed by atoms with Crippen LogP contribution in [-0.4, -0.2) is 75.1 Å². The van der Waals surface area contributed by atoms with E-state index in [0.717, 1.165) is 5.56 Å². The van der Waals surface area contributed by atoms with E-state index in [-0.39, 0.29) is 56.4 Å². The lowest BCUT2D eigenvalue weighted by Gasteiger charge is -2.14. The lowest BCUT2D eigenvalue weighted by Crippen LogP contribution is -2.33. The Bertz CT molecular complexity index is 1090. The molecule has 0 aliphatic heterocycles. The summed E-state index contributed by atoms with van der Waals surface area (Å²) in [5, 5.41) is 20.8. The van der Waals surface area contributed by atoms with E-state index in [2.05, 4.69) is 26.0 Å². The van der Waals surface area contributed by atoms with Gasteiger partial charge in [-0.3, -0.25) is 14.4 Å². The summed E-state index contributed by atoms with van der Waals surface area (Å²) < 4.78 is 16.4. The topological polar surface area (TPSA) is 184 Å². The number of phenolic OH excluding ortho intramolecular Hbond substituents is 1. The monoisotopic (exact) mass is 528 g/mol. The molecule has 4 N–H and O–H groups in total. The van der Waals surface area contributed by atoms with Crippen molar-refractivity contribution in [3.05, 3.63) is 70.1 Å². The molecule has 0 bridgehead atoms. The second-order valence-electron chi connectivity index (χ2n) is 7.93. The lowest BCUT2D eigenvalue weighted by molar-refractivity contribution is -0.126. The largest absolute Gasteiger partial charge is 0.508 e. The summed E-state index contributed by atoms with van der Waals surface area (Å²) >= 11 is 0. The quantitative estimate of drug-likeness (QED) is 0.104. The first-order valence-electron chi connectivity index (χ1n) is 11.9. The van der Waals surface area contributed by atoms with Crippen molar-refractivity contribution in [2.24, 2.45) is 5.11 Å². The van der Waals surface area contributed by atoms with Crippen LogP contribution in [0.15, 0.2) is 53.6 Å². The number of carbonyl (C=O) groups excluding carboxylic acids is 3. The number of nitrogens with zero attached hydrogens (tertiary/aromatic N) is 3. The molecular weight excluding hydrogens is 496 g/mol. The maximum absolute atomic E-state index is 12.2. The number of azide groups is 1. The molecule has 0 radical (unpaired) electrons. The van der Waals surface area contributed by atoms with Crippen molar-refractivity contribution < 1.29 is 33.7 Å². The molecule has 0 saturated heterocycles. The minimum absolute atomic E-state index is 0.0601. The van der Waals surface area contributed by atoms with Gasteiger partial charge in [0.25, 0.3) is 5.91 Å². The third-order valence-corrected chi connectivity index (χ3v) is 4.90. The zero-order valence-electron chi connectivity index (χ0n) is 21.1. The molecule has 2 rings (SSSR count). The zero-order chi connectivity index (χ0) is 27.6. The molecule has 0 aliphatic carbocycles. The van der Waals surface area contributed by atoms with E-state index in [9.17, 15) is 19.5 Å². The van der Waals surface area contributed by atoms with Gasteiger partial charge in [0.15, 0.2) is 6.23 Å². The second kappa shape index (κ2) is 17.2. The Labute approximate surface area is 220 Å². The number of aromatic hydroxyl groups is 1. The van der Waals surface area contributed by atoms with E-state index < -0.39 is 6.23 Å². The van der Waals surface area contributed by atoms with Crippen molar-refractivity contribution in [1.82, 2.24) is 16.0 Å². The highest BCUT2D eigenvalue weighted by Crippen LogP contribution is 2.14. The first-order valence-corrected chi connectivity index (χ1v) is 11.9. The number of phenols is 1. The Kier molecular flexibility index (Phi) is 13.5. The van der Waals surface area contributed by atoms with E-state index in [1.165, 1.54) is 13.0 Å². The van der Waals surface area contributed by atoms with Crippen molar-refractivity contribution in [2.45, 2.75) is 19.6 Å². The highest BCUT2D eigenvalue weighted by Gasteiger charge is 2.11. The third kappa shape index (κ3) is 12.6. The molecule has 0 heterocycles. The van der Waals surface area contributed by atoms with Crippen LogP contribution in [0.2, 0.25) is 0 Å². The summed E-state index contributed by atoms with van der Waals surface area (Å²) in [6.07, 6.45) is -0.326. The molecule has 0 saturated carbocycles. The molecule has 0 fully saturated rings. The summed E-state index contributed by atoms with van der Waals surface area (Å²) in [5.41, 5.74) is 10.1. The van der Waals surface area contributed by atoms with Gasteiger partial charge in [0.1, 0.15) is 24.7 Å². The average molecular weight is 529 g/mol. The minimum atomic E-state index is -0.946. The SMILES string of the molecule is CC(=O)NCCNC(=O)c1cccc(OCC(N=[N+]=[N-])OCCOCC(=O)NCCc2ccc(O)cc2)c1. The molecule has 1 atom stereocenters. The van der Waals surface area contributed by atoms with E-state index in [1.807, 2.05) is 0 Å². The van der Waals surface area contributed by atoms with Gasteiger partial charge < -0.3 is 35.3 Å². The van der Waals surface area contributed by atoms with Crippen molar-refractivity contribution in [3.8, 4) is 11.5 Å². The van der Waals surface area contributed by atoms with E-state index >= 15 is 0 Å². The number of ether oxygens (including phenoxy) is 3. The van der Waals surface area contributed by atoms with Gasteiger partial charge in [0.2, 0.25) is 11.8 Å². The molecule has 38 heavy (non-hydrogen) atoms. The Morgan fingerprint density at radius 1 is 1.03 bits per heavy atom. The summed E-state index contributed by atoms with van der Waals surface area (Å²) in [6.45, 7) is 2.32. The lowest BCUT2D eigenvalue weighted by atomic mass is 10.1. The van der Waals surface area contributed by atoms with Gasteiger partial charge in [-0.05, 0) is 47.8 Å². The molecule has 2 aromatic rings. The standard InChI is InChI=1S/C25H32N6O7/c1-18(32)27-11-12-29-25(35)20-3-2-4-22(15-20)38-17-24(30-31-26)37-14-13-36-16-23(34)28-10-9-19-5-7-21(33)8-6-19/h2-8,15,24,33H,9-14,16-17H2,1H3,(H,27,32)(H,28,34)(H,29,35). The van der Waals surface area contributed by atoms with Gasteiger partial charge in [-0.1, -0.05) is 23.3 Å². The van der Waals surface area contributed by atoms with Gasteiger partial charge in [-0.15, -0.1) is 0 Å². The Balaban J connectivity index is 1.64. The van der Waals surface area contributed by atoms with Gasteiger partial charge in [0.05, 0.1) is 13.2 Å². The van der Waals surface area contributed by atoms with Crippen LogP contribution in [-0.2, 0) is 25.5 Å². The van der Waals surface area contributed by atoms with Crippen molar-refractivity contribution >= 4 is 17.7 Å². The Morgan fingerprint density at radius 2 is 1.79 bits per heavy atom. The Morgan fingerprint density at radius 3 is 2.53 bits per heavy atom. The van der Waals surface area contributed by atoms with E-state index in [4.69, 9.17) is 19.7 Å². The van der Waals surface area contributed by atoms with Gasteiger partial charge >= 0.3 is 0 Å². The highest BCUT2D eigenvalue weighted by molar-refractivity contribution is 5.94. The van der Waals surface area contributed by atoms with Crippen LogP contribution in [0, 0.1) is 0 Å². The van der Waals surface area contributed by atoms with Crippen LogP contribution in [0.3, 0.4) is 0 Å². The summed E-state index contributed by atoms with van der Waals surface area (Å²) in [4.78, 5) is 37.7. The van der Waals surface area contributed by atoms with Crippen LogP contribution in [0.1, 0.15) is 22.8 Å². The van der Waals surface area contributed by atoms with Gasteiger partial charge in [-0.2, -0.15) is 0 Å². The highest BCUT2D eigenvalue weighted by atomic mass is 16.6. The van der Waals surface area contributed by atoms with Crippen molar-refractivity contribution in [2.75, 3.05) is 46.1 Å². The number of nitrogens with one attached hydrogen (secondary N) is 3. The summed E-state index contributed by atoms with van der Waals surface area (Å²) in [7, 11) is 0. The van der Waals surface area contributed by atoms with Crippen LogP contribution in [0.25, 0.3) is 10.4 Å². The molecule has 204 valence electrons. The molecule has 0 aliphatic rings. The Hall–Kier alpha value is -4.32. The van der Waals surface area contributed by atoms with Crippen molar-refractivity contribution in [3.63, 3.8) is 0 Å². The summed E-state index contributed by atoms with van der Waals surface area (Å²) in [6, 6.07) is 13.2. The fraction of sp³-hybridized carbons (Fsp3) is 0.400. The molecule has 0 spiro atoms. The van der Waals surface area contributed by atoms with Crippen LogP contribution < -0.4 is 20.7 Å². The first kappa shape index (κ1) is 29.9. The average Bonchev–Trinajstić information content (AvgIpc) is 2.90. The number of rotatable bonds is 17. The van der Waals surface area contributed by atoms with Crippen molar-refractivity contribution in [1.29, 1.82) is 0 Å². The van der Waals surface area contributed by atoms with Gasteiger partial charge in [-0.25, -0.2) is 0 Å². The fourth-order valence-corrected chi connectivity index (χ4v) is 3.05. The number of hydrogen-bond acceptors (Lipinski definition) is 8. The molecule has 13 heteroatoms. The molecule has 0 aromatic heterocycles. The number of benzene rings is 2. The van der Waals surface area contributed by atoms with E-state index in [1.54, 1.807) is 42.5 Å². The van der Waals surface area contributed by atoms with Crippen LogP contribution >= 0.6 is 0 Å². The molecule has 3 amide bonds. The molecule has 2 aromatic carbocycles. The number of amides is 3. The smallest absolute Gasteiger partial charge is 0.251 e. The number of hydrogen-bond donors (Lipinski definition) is 4. The molecular formula is C25H32N6O7. The first-order chi connectivity index (χ1) is 18.4. The minimum Gasteiger partial charge on any atom is -0.508 e. The van der Waals surface area contributed by atoms with Crippen LogP contribution in [0.5, 0.6) is 11.5 Å². The fourth-order valence-electron chi connectivity index (χ4n) is 3.05. The van der Waals surface area contributed by atoms with Crippen LogP contribution in [0.4, 0.5) is 0 Å². The third-order valence-electron chi connectivity index (χ3n) is 4.90. The summed E-state index contributed by atoms with van der Waals surface area (Å²) in [5.74, 6) is -0.222. The maximum Gasteiger partial charge on any atom is 0.251 e. The predicted molar refractivity (Wildman–Crippen MR) is 137 cm³/mol. The zero-order valence-corrected chi connectivity index (χ0v) is 21.1. The second-order valence-corrected chi connectivity index (χ2v) is 7.93. The normalized spacial score (nSPS) is 11.1.